The van der Waals surface area contributed by atoms with Crippen LogP contribution < -0.4 is 5.32 Å². The number of amides is 1. The van der Waals surface area contributed by atoms with E-state index in [4.69, 9.17) is 4.74 Å². The van der Waals surface area contributed by atoms with Crippen molar-refractivity contribution in [2.45, 2.75) is 20.0 Å². The molecule has 124 valence electrons. The number of ether oxygens (including phenoxy) is 1. The summed E-state index contributed by atoms with van der Waals surface area (Å²) in [5.74, 6) is -1.42. The van der Waals surface area contributed by atoms with Gasteiger partial charge in [0.1, 0.15) is 5.75 Å². The quantitative estimate of drug-likeness (QED) is 0.651. The van der Waals surface area contributed by atoms with E-state index in [-0.39, 0.29) is 17.1 Å². The maximum absolute atomic E-state index is 12.1. The van der Waals surface area contributed by atoms with Crippen LogP contribution in [0.4, 0.5) is 5.69 Å². The molecule has 0 radical (unpaired) electrons. The Morgan fingerprint density at radius 3 is 2.38 bits per heavy atom. The third-order valence-corrected chi connectivity index (χ3v) is 3.27. The van der Waals surface area contributed by atoms with E-state index >= 15 is 0 Å². The van der Waals surface area contributed by atoms with Gasteiger partial charge >= 0.3 is 5.97 Å². The Morgan fingerprint density at radius 1 is 1.04 bits per heavy atom. The summed E-state index contributed by atoms with van der Waals surface area (Å²) in [7, 11) is 0. The molecule has 1 atom stereocenters. The van der Waals surface area contributed by atoms with Crippen LogP contribution in [0.2, 0.25) is 0 Å². The summed E-state index contributed by atoms with van der Waals surface area (Å²) >= 11 is 0. The summed E-state index contributed by atoms with van der Waals surface area (Å²) in [6, 6.07) is 12.1. The van der Waals surface area contributed by atoms with Crippen molar-refractivity contribution in [3.05, 3.63) is 59.7 Å². The van der Waals surface area contributed by atoms with Gasteiger partial charge in [-0.25, -0.2) is 4.79 Å². The van der Waals surface area contributed by atoms with Gasteiger partial charge in [-0.05, 0) is 44.2 Å². The highest BCUT2D eigenvalue weighted by molar-refractivity contribution is 5.99. The number of Topliss-reactive ketones (excluding diaryl/α,β-unsaturated/α-hetero) is 1. The molecule has 6 heteroatoms. The topological polar surface area (TPSA) is 92.7 Å². The molecule has 2 aromatic rings. The first-order valence-electron chi connectivity index (χ1n) is 7.28. The SMILES string of the molecule is CC(=O)c1cccc(NC(=O)[C@H](C)OC(=O)c2cccc(O)c2)c1. The number of benzene rings is 2. The molecule has 0 aliphatic rings. The predicted molar refractivity (Wildman–Crippen MR) is 88.1 cm³/mol. The number of nitrogens with one attached hydrogen (secondary N) is 1. The number of ketones is 1. The van der Waals surface area contributed by atoms with Crippen molar-refractivity contribution in [2.24, 2.45) is 0 Å². The monoisotopic (exact) mass is 327 g/mol. The largest absolute Gasteiger partial charge is 0.508 e. The summed E-state index contributed by atoms with van der Waals surface area (Å²) < 4.78 is 5.07. The minimum absolute atomic E-state index is 0.0670. The Morgan fingerprint density at radius 2 is 1.71 bits per heavy atom. The number of hydrogen-bond donors (Lipinski definition) is 2. The zero-order valence-corrected chi connectivity index (χ0v) is 13.3. The van der Waals surface area contributed by atoms with Crippen LogP contribution in [-0.2, 0) is 9.53 Å². The van der Waals surface area contributed by atoms with Crippen LogP contribution in [0.5, 0.6) is 5.75 Å². The van der Waals surface area contributed by atoms with Gasteiger partial charge in [0.25, 0.3) is 5.91 Å². The molecule has 0 aliphatic carbocycles. The number of anilines is 1. The maximum atomic E-state index is 12.1. The van der Waals surface area contributed by atoms with Gasteiger partial charge in [0.15, 0.2) is 11.9 Å². The van der Waals surface area contributed by atoms with Gasteiger partial charge in [-0.15, -0.1) is 0 Å². The lowest BCUT2D eigenvalue weighted by molar-refractivity contribution is -0.123. The third kappa shape index (κ3) is 4.42. The zero-order chi connectivity index (χ0) is 17.7. The molecule has 0 aromatic heterocycles. The second-order valence-corrected chi connectivity index (χ2v) is 5.22. The number of carbonyl (C=O) groups is 3. The molecule has 0 spiro atoms. The molecule has 24 heavy (non-hydrogen) atoms. The van der Waals surface area contributed by atoms with E-state index in [1.54, 1.807) is 24.3 Å². The second kappa shape index (κ2) is 7.41. The molecule has 0 bridgehead atoms. The lowest BCUT2D eigenvalue weighted by Gasteiger charge is -2.14. The highest BCUT2D eigenvalue weighted by atomic mass is 16.5. The molecule has 0 saturated carbocycles. The highest BCUT2D eigenvalue weighted by Crippen LogP contribution is 2.14. The van der Waals surface area contributed by atoms with Crippen LogP contribution >= 0.6 is 0 Å². The minimum Gasteiger partial charge on any atom is -0.508 e. The van der Waals surface area contributed by atoms with Crippen LogP contribution in [0, 0.1) is 0 Å². The van der Waals surface area contributed by atoms with E-state index in [0.717, 1.165) is 0 Å². The average Bonchev–Trinajstić information content (AvgIpc) is 2.54. The van der Waals surface area contributed by atoms with Gasteiger partial charge in [-0.2, -0.15) is 0 Å². The van der Waals surface area contributed by atoms with E-state index in [1.165, 1.54) is 38.1 Å². The number of rotatable bonds is 5. The van der Waals surface area contributed by atoms with Crippen molar-refractivity contribution >= 4 is 23.3 Å². The van der Waals surface area contributed by atoms with Gasteiger partial charge in [-0.1, -0.05) is 18.2 Å². The smallest absolute Gasteiger partial charge is 0.339 e. The summed E-state index contributed by atoms with van der Waals surface area (Å²) in [6.45, 7) is 2.87. The first kappa shape index (κ1) is 17.2. The standard InChI is InChI=1S/C18H17NO5/c1-11(20)13-5-3-7-15(9-13)19-17(22)12(2)24-18(23)14-6-4-8-16(21)10-14/h3-10,12,21H,1-2H3,(H,19,22)/t12-/m0/s1. The van der Waals surface area contributed by atoms with Crippen LogP contribution in [0.1, 0.15) is 34.6 Å². The molecular formula is C18H17NO5. The van der Waals surface area contributed by atoms with E-state index in [0.29, 0.717) is 11.3 Å². The van der Waals surface area contributed by atoms with Gasteiger partial charge in [0.05, 0.1) is 5.56 Å². The van der Waals surface area contributed by atoms with Crippen LogP contribution in [-0.4, -0.2) is 28.9 Å². The Labute approximate surface area is 139 Å². The van der Waals surface area contributed by atoms with Crippen molar-refractivity contribution in [3.8, 4) is 5.75 Å². The second-order valence-electron chi connectivity index (χ2n) is 5.22. The molecule has 2 N–H and O–H groups in total. The van der Waals surface area contributed by atoms with Gasteiger partial charge in [-0.3, -0.25) is 9.59 Å². The van der Waals surface area contributed by atoms with Gasteiger partial charge in [0, 0.05) is 11.3 Å². The Kier molecular flexibility index (Phi) is 5.31. The Bertz CT molecular complexity index is 784. The number of hydrogen-bond acceptors (Lipinski definition) is 5. The average molecular weight is 327 g/mol. The molecular weight excluding hydrogens is 310 g/mol. The first-order valence-corrected chi connectivity index (χ1v) is 7.28. The maximum Gasteiger partial charge on any atom is 0.339 e. The fraction of sp³-hybridized carbons (Fsp3) is 0.167. The molecule has 2 aromatic carbocycles. The van der Waals surface area contributed by atoms with E-state index in [9.17, 15) is 19.5 Å². The Balaban J connectivity index is 2.01. The number of carbonyl (C=O) groups excluding carboxylic acids is 3. The molecule has 0 heterocycles. The van der Waals surface area contributed by atoms with Crippen molar-refractivity contribution in [2.75, 3.05) is 5.32 Å². The van der Waals surface area contributed by atoms with Crippen molar-refractivity contribution in [1.82, 2.24) is 0 Å². The summed E-state index contributed by atoms with van der Waals surface area (Å²) in [6.07, 6.45) is -1.04. The van der Waals surface area contributed by atoms with Crippen molar-refractivity contribution < 1.29 is 24.2 Å². The van der Waals surface area contributed by atoms with Crippen molar-refractivity contribution in [1.29, 1.82) is 0 Å². The number of phenolic OH excluding ortho intramolecular Hbond substituents is 1. The summed E-state index contributed by atoms with van der Waals surface area (Å²) in [5, 5.41) is 11.9. The Hall–Kier alpha value is -3.15. The lowest BCUT2D eigenvalue weighted by Crippen LogP contribution is -2.30. The van der Waals surface area contributed by atoms with Crippen LogP contribution in [0.3, 0.4) is 0 Å². The minimum atomic E-state index is -1.04. The van der Waals surface area contributed by atoms with Crippen molar-refractivity contribution in [3.63, 3.8) is 0 Å². The number of aromatic hydroxyl groups is 1. The molecule has 6 nitrogen and oxygen atoms in total. The number of phenols is 1. The van der Waals surface area contributed by atoms with E-state index in [2.05, 4.69) is 5.32 Å². The fourth-order valence-electron chi connectivity index (χ4n) is 1.97. The van der Waals surface area contributed by atoms with E-state index in [1.807, 2.05) is 0 Å². The predicted octanol–water partition coefficient (Wildman–Crippen LogP) is 2.78. The number of esters is 1. The molecule has 0 fully saturated rings. The first-order chi connectivity index (χ1) is 11.4. The fourth-order valence-corrected chi connectivity index (χ4v) is 1.97. The molecule has 2 rings (SSSR count). The molecule has 0 saturated heterocycles. The van der Waals surface area contributed by atoms with Gasteiger partial charge in [0.2, 0.25) is 0 Å². The molecule has 1 amide bonds. The summed E-state index contributed by atoms with van der Waals surface area (Å²) in [5.41, 5.74) is 1.05. The van der Waals surface area contributed by atoms with Gasteiger partial charge < -0.3 is 15.2 Å². The molecule has 0 aliphatic heterocycles. The zero-order valence-electron chi connectivity index (χ0n) is 13.3. The van der Waals surface area contributed by atoms with Crippen LogP contribution in [0.15, 0.2) is 48.5 Å². The third-order valence-electron chi connectivity index (χ3n) is 3.27. The van der Waals surface area contributed by atoms with E-state index < -0.39 is 18.0 Å². The van der Waals surface area contributed by atoms with Crippen LogP contribution in [0.25, 0.3) is 0 Å². The summed E-state index contributed by atoms with van der Waals surface area (Å²) in [4.78, 5) is 35.4. The lowest BCUT2D eigenvalue weighted by atomic mass is 10.1. The molecule has 0 unspecified atom stereocenters. The highest BCUT2D eigenvalue weighted by Gasteiger charge is 2.19. The normalized spacial score (nSPS) is 11.4.